The van der Waals surface area contributed by atoms with E-state index in [9.17, 15) is 0 Å². The molecule has 8 nitrogen and oxygen atoms in total. The molecule has 2 aromatic heterocycles. The van der Waals surface area contributed by atoms with Crippen LogP contribution in [0.1, 0.15) is 0 Å². The van der Waals surface area contributed by atoms with Crippen molar-refractivity contribution < 1.29 is 18.9 Å². The van der Waals surface area contributed by atoms with Gasteiger partial charge < -0.3 is 18.9 Å². The molecule has 0 fully saturated rings. The van der Waals surface area contributed by atoms with Gasteiger partial charge in [0.25, 0.3) is 0 Å². The molecular weight excluding hydrogens is 380 g/mol. The summed E-state index contributed by atoms with van der Waals surface area (Å²) in [6, 6.07) is 11.4. The van der Waals surface area contributed by atoms with Crippen molar-refractivity contribution in [2.24, 2.45) is 0 Å². The van der Waals surface area contributed by atoms with Crippen LogP contribution in [-0.2, 0) is 0 Å². The van der Waals surface area contributed by atoms with E-state index in [-0.39, 0.29) is 0 Å². The number of methoxy groups -OCH3 is 4. The Balaban J connectivity index is 1.83. The molecule has 0 spiro atoms. The van der Waals surface area contributed by atoms with Gasteiger partial charge in [-0.05, 0) is 36.4 Å². The molecular formula is C19H18N4O4S. The predicted molar refractivity (Wildman–Crippen MR) is 106 cm³/mol. The first-order valence-electron chi connectivity index (χ1n) is 8.36. The van der Waals surface area contributed by atoms with Crippen molar-refractivity contribution in [1.82, 2.24) is 19.8 Å². The van der Waals surface area contributed by atoms with E-state index < -0.39 is 0 Å². The van der Waals surface area contributed by atoms with Crippen LogP contribution in [0.3, 0.4) is 0 Å². The Bertz CT molecular complexity index is 1120. The standard InChI is InChI=1S/C19H18N4O4S/c1-24-12-7-5-11(6-8-12)18-22-23-17(20-21-19(23)28-18)13-9-10-14(25-2)16(27-4)15(13)26-3/h5-10H,1-4H3. The lowest BCUT2D eigenvalue weighted by Gasteiger charge is -2.14. The number of benzene rings is 2. The molecule has 9 heteroatoms. The third kappa shape index (κ3) is 2.89. The molecule has 2 aromatic carbocycles. The van der Waals surface area contributed by atoms with E-state index in [1.54, 1.807) is 39.0 Å². The molecule has 0 unspecified atom stereocenters. The zero-order valence-electron chi connectivity index (χ0n) is 15.8. The van der Waals surface area contributed by atoms with Crippen molar-refractivity contribution in [3.05, 3.63) is 36.4 Å². The normalized spacial score (nSPS) is 10.9. The van der Waals surface area contributed by atoms with Crippen LogP contribution in [0.15, 0.2) is 36.4 Å². The number of rotatable bonds is 6. The second-order valence-corrected chi connectivity index (χ2v) is 6.69. The van der Waals surface area contributed by atoms with E-state index in [1.165, 1.54) is 11.3 Å². The van der Waals surface area contributed by atoms with Crippen LogP contribution in [0.5, 0.6) is 23.0 Å². The molecule has 0 N–H and O–H groups in total. The van der Waals surface area contributed by atoms with Crippen LogP contribution in [0.2, 0.25) is 0 Å². The maximum atomic E-state index is 5.58. The Labute approximate surface area is 165 Å². The molecule has 0 aliphatic carbocycles. The van der Waals surface area contributed by atoms with Crippen LogP contribution in [-0.4, -0.2) is 48.3 Å². The van der Waals surface area contributed by atoms with Crippen molar-refractivity contribution in [2.75, 3.05) is 28.4 Å². The second-order valence-electron chi connectivity index (χ2n) is 5.74. The summed E-state index contributed by atoms with van der Waals surface area (Å²) >= 11 is 1.45. The summed E-state index contributed by atoms with van der Waals surface area (Å²) in [5.74, 6) is 2.92. The van der Waals surface area contributed by atoms with Crippen LogP contribution in [0, 0.1) is 0 Å². The van der Waals surface area contributed by atoms with Gasteiger partial charge >= 0.3 is 0 Å². The Morgan fingerprint density at radius 2 is 1.54 bits per heavy atom. The molecule has 144 valence electrons. The number of hydrogen-bond donors (Lipinski definition) is 0. The fraction of sp³-hybridized carbons (Fsp3) is 0.211. The average molecular weight is 398 g/mol. The van der Waals surface area contributed by atoms with Crippen molar-refractivity contribution in [3.63, 3.8) is 0 Å². The van der Waals surface area contributed by atoms with E-state index in [0.29, 0.717) is 33.6 Å². The Hall–Kier alpha value is -3.33. The zero-order chi connectivity index (χ0) is 19.7. The van der Waals surface area contributed by atoms with Crippen molar-refractivity contribution in [2.45, 2.75) is 0 Å². The summed E-state index contributed by atoms with van der Waals surface area (Å²) in [5, 5.41) is 14.1. The molecule has 2 heterocycles. The number of nitrogens with zero attached hydrogens (tertiary/aromatic N) is 4. The summed E-state index contributed by atoms with van der Waals surface area (Å²) in [6.45, 7) is 0. The molecule has 0 bridgehead atoms. The maximum absolute atomic E-state index is 5.58. The molecule has 0 atom stereocenters. The van der Waals surface area contributed by atoms with Gasteiger partial charge in [0.15, 0.2) is 17.3 Å². The number of fused-ring (bicyclic) bond motifs is 1. The highest BCUT2D eigenvalue weighted by atomic mass is 32.1. The van der Waals surface area contributed by atoms with E-state index in [2.05, 4.69) is 10.2 Å². The van der Waals surface area contributed by atoms with E-state index >= 15 is 0 Å². The van der Waals surface area contributed by atoms with Crippen molar-refractivity contribution >= 4 is 16.3 Å². The lowest BCUT2D eigenvalue weighted by atomic mass is 10.1. The summed E-state index contributed by atoms with van der Waals surface area (Å²) in [7, 11) is 6.35. The van der Waals surface area contributed by atoms with Crippen molar-refractivity contribution in [1.29, 1.82) is 0 Å². The molecule has 0 aliphatic heterocycles. The SMILES string of the molecule is COc1ccc(-c2nn3c(-c4ccc(OC)c(OC)c4OC)nnc3s2)cc1. The van der Waals surface area contributed by atoms with Gasteiger partial charge in [-0.1, -0.05) is 11.3 Å². The molecule has 0 saturated carbocycles. The minimum absolute atomic E-state index is 0.491. The highest BCUT2D eigenvalue weighted by Gasteiger charge is 2.22. The van der Waals surface area contributed by atoms with E-state index in [0.717, 1.165) is 16.3 Å². The Kier molecular flexibility index (Phi) is 4.74. The topological polar surface area (TPSA) is 80.0 Å². The summed E-state index contributed by atoms with van der Waals surface area (Å²) in [6.07, 6.45) is 0. The smallest absolute Gasteiger partial charge is 0.235 e. The fourth-order valence-electron chi connectivity index (χ4n) is 2.91. The van der Waals surface area contributed by atoms with Crippen LogP contribution in [0.25, 0.3) is 26.9 Å². The number of ether oxygens (including phenoxy) is 4. The first-order chi connectivity index (χ1) is 13.7. The van der Waals surface area contributed by atoms with Gasteiger partial charge in [-0.25, -0.2) is 0 Å². The zero-order valence-corrected chi connectivity index (χ0v) is 16.6. The highest BCUT2D eigenvalue weighted by molar-refractivity contribution is 7.19. The molecule has 0 saturated heterocycles. The third-order valence-electron chi connectivity index (χ3n) is 4.27. The van der Waals surface area contributed by atoms with Gasteiger partial charge in [-0.15, -0.1) is 10.2 Å². The molecule has 4 rings (SSSR count). The van der Waals surface area contributed by atoms with Gasteiger partial charge in [-0.3, -0.25) is 0 Å². The van der Waals surface area contributed by atoms with Gasteiger partial charge in [0.2, 0.25) is 10.7 Å². The molecule has 0 amide bonds. The largest absolute Gasteiger partial charge is 0.497 e. The Morgan fingerprint density at radius 3 is 2.18 bits per heavy atom. The first kappa shape index (κ1) is 18.1. The number of hydrogen-bond acceptors (Lipinski definition) is 8. The maximum Gasteiger partial charge on any atom is 0.235 e. The van der Waals surface area contributed by atoms with Crippen LogP contribution < -0.4 is 18.9 Å². The summed E-state index contributed by atoms with van der Waals surface area (Å²) < 4.78 is 23.3. The van der Waals surface area contributed by atoms with Gasteiger partial charge in [-0.2, -0.15) is 9.61 Å². The van der Waals surface area contributed by atoms with Gasteiger partial charge in [0.1, 0.15) is 10.8 Å². The van der Waals surface area contributed by atoms with E-state index in [4.69, 9.17) is 24.0 Å². The highest BCUT2D eigenvalue weighted by Crippen LogP contribution is 2.44. The lowest BCUT2D eigenvalue weighted by Crippen LogP contribution is -1.99. The van der Waals surface area contributed by atoms with Crippen molar-refractivity contribution in [3.8, 4) is 45.0 Å². The fourth-order valence-corrected chi connectivity index (χ4v) is 3.76. The minimum atomic E-state index is 0.491. The van der Waals surface area contributed by atoms with Gasteiger partial charge in [0.05, 0.1) is 34.0 Å². The Morgan fingerprint density at radius 1 is 0.786 bits per heavy atom. The molecule has 0 aliphatic rings. The lowest BCUT2D eigenvalue weighted by molar-refractivity contribution is 0.325. The van der Waals surface area contributed by atoms with E-state index in [1.807, 2.05) is 30.3 Å². The van der Waals surface area contributed by atoms with Crippen LogP contribution in [0.4, 0.5) is 0 Å². The molecule has 0 radical (unpaired) electrons. The average Bonchev–Trinajstić information content (AvgIpc) is 3.33. The quantitative estimate of drug-likeness (QED) is 0.491. The second kappa shape index (κ2) is 7.35. The first-order valence-corrected chi connectivity index (χ1v) is 9.17. The molecule has 28 heavy (non-hydrogen) atoms. The predicted octanol–water partition coefficient (Wildman–Crippen LogP) is 3.55. The monoisotopic (exact) mass is 398 g/mol. The number of aromatic nitrogens is 4. The third-order valence-corrected chi connectivity index (χ3v) is 5.22. The van der Waals surface area contributed by atoms with Crippen LogP contribution >= 0.6 is 11.3 Å². The van der Waals surface area contributed by atoms with Gasteiger partial charge in [0, 0.05) is 5.56 Å². The summed E-state index contributed by atoms with van der Waals surface area (Å²) in [5.41, 5.74) is 1.68. The minimum Gasteiger partial charge on any atom is -0.497 e. The molecule has 4 aromatic rings. The summed E-state index contributed by atoms with van der Waals surface area (Å²) in [4.78, 5) is 0.678.